The predicted molar refractivity (Wildman–Crippen MR) is 109 cm³/mol. The third kappa shape index (κ3) is 8.25. The molecule has 0 atom stereocenters. The van der Waals surface area contributed by atoms with E-state index in [1.165, 1.54) is 32.1 Å². The third-order valence-corrected chi connectivity index (χ3v) is 4.73. The molecule has 0 aromatic heterocycles. The monoisotopic (exact) mass is 362 g/mol. The fraction of sp³-hybridized carbons (Fsp3) is 0.696. The summed E-state index contributed by atoms with van der Waals surface area (Å²) >= 11 is 0. The van der Waals surface area contributed by atoms with Crippen LogP contribution in [0.2, 0.25) is 0 Å². The standard InChI is InChI=1S/C23H38O3/c1-17(2)13-11-9-7-8-10-12-14-21(24)26-19-15-18(3)22(25)20(16-19)23(4,5)6/h15-17,25H,7-14H2,1-6H3. The van der Waals surface area contributed by atoms with E-state index >= 15 is 0 Å². The number of phenols is 1. The normalized spacial score (nSPS) is 11.8. The highest BCUT2D eigenvalue weighted by molar-refractivity contribution is 5.72. The lowest BCUT2D eigenvalue weighted by Crippen LogP contribution is -2.13. The number of esters is 1. The number of benzene rings is 1. The smallest absolute Gasteiger partial charge is 0.311 e. The number of carbonyl (C=O) groups is 1. The molecule has 1 N–H and O–H groups in total. The van der Waals surface area contributed by atoms with Gasteiger partial charge in [0.2, 0.25) is 0 Å². The minimum absolute atomic E-state index is 0.185. The van der Waals surface area contributed by atoms with Gasteiger partial charge in [-0.1, -0.05) is 73.1 Å². The molecule has 148 valence electrons. The van der Waals surface area contributed by atoms with Crippen molar-refractivity contribution >= 4 is 5.97 Å². The Bertz CT molecular complexity index is 568. The van der Waals surface area contributed by atoms with Gasteiger partial charge in [0.05, 0.1) is 0 Å². The van der Waals surface area contributed by atoms with Gasteiger partial charge in [0.25, 0.3) is 0 Å². The average molecular weight is 363 g/mol. The Morgan fingerprint density at radius 2 is 1.62 bits per heavy atom. The first-order valence-corrected chi connectivity index (χ1v) is 10.2. The molecule has 0 radical (unpaired) electrons. The molecule has 26 heavy (non-hydrogen) atoms. The topological polar surface area (TPSA) is 46.5 Å². The van der Waals surface area contributed by atoms with Crippen LogP contribution in [0, 0.1) is 12.8 Å². The van der Waals surface area contributed by atoms with Gasteiger partial charge in [-0.3, -0.25) is 4.79 Å². The maximum Gasteiger partial charge on any atom is 0.311 e. The van der Waals surface area contributed by atoms with Crippen LogP contribution in [0.4, 0.5) is 0 Å². The second-order valence-corrected chi connectivity index (χ2v) is 8.91. The molecule has 0 saturated carbocycles. The minimum atomic E-state index is -0.202. The summed E-state index contributed by atoms with van der Waals surface area (Å²) in [4.78, 5) is 12.1. The summed E-state index contributed by atoms with van der Waals surface area (Å²) in [6.45, 7) is 12.5. The van der Waals surface area contributed by atoms with Crippen LogP contribution in [0.1, 0.15) is 97.1 Å². The quantitative estimate of drug-likeness (QED) is 0.287. The number of ether oxygens (including phenoxy) is 1. The minimum Gasteiger partial charge on any atom is -0.507 e. The molecule has 3 heteroatoms. The van der Waals surface area contributed by atoms with E-state index < -0.39 is 0 Å². The van der Waals surface area contributed by atoms with E-state index in [4.69, 9.17) is 4.74 Å². The molecule has 0 aliphatic rings. The highest BCUT2D eigenvalue weighted by atomic mass is 16.5. The van der Waals surface area contributed by atoms with Gasteiger partial charge in [-0.15, -0.1) is 0 Å². The van der Waals surface area contributed by atoms with Crippen molar-refractivity contribution in [3.63, 3.8) is 0 Å². The van der Waals surface area contributed by atoms with Crippen LogP contribution in [0.15, 0.2) is 12.1 Å². The average Bonchev–Trinajstić information content (AvgIpc) is 2.51. The van der Waals surface area contributed by atoms with Crippen molar-refractivity contribution in [3.8, 4) is 11.5 Å². The first kappa shape index (κ1) is 22.5. The number of unbranched alkanes of at least 4 members (excludes halogenated alkanes) is 5. The van der Waals surface area contributed by atoms with Crippen LogP contribution < -0.4 is 4.74 Å². The second-order valence-electron chi connectivity index (χ2n) is 8.91. The number of rotatable bonds is 10. The van der Waals surface area contributed by atoms with E-state index in [-0.39, 0.29) is 17.1 Å². The Kier molecular flexibility index (Phi) is 9.18. The van der Waals surface area contributed by atoms with Gasteiger partial charge in [0.15, 0.2) is 0 Å². The largest absolute Gasteiger partial charge is 0.507 e. The maximum absolute atomic E-state index is 12.1. The van der Waals surface area contributed by atoms with Gasteiger partial charge in [0, 0.05) is 12.0 Å². The molecule has 0 unspecified atom stereocenters. The fourth-order valence-electron chi connectivity index (χ4n) is 3.09. The number of aromatic hydroxyl groups is 1. The number of aryl methyl sites for hydroxylation is 1. The summed E-state index contributed by atoms with van der Waals surface area (Å²) in [7, 11) is 0. The first-order chi connectivity index (χ1) is 12.1. The molecule has 0 amide bonds. The Hall–Kier alpha value is -1.51. The van der Waals surface area contributed by atoms with Crippen molar-refractivity contribution in [3.05, 3.63) is 23.3 Å². The molecule has 0 fully saturated rings. The Morgan fingerprint density at radius 1 is 1.04 bits per heavy atom. The number of phenolic OH excluding ortho intramolecular Hbond substituents is 1. The Labute approximate surface area is 160 Å². The van der Waals surface area contributed by atoms with Crippen LogP contribution in [-0.2, 0) is 10.2 Å². The number of hydrogen-bond donors (Lipinski definition) is 1. The Balaban J connectivity index is 2.37. The lowest BCUT2D eigenvalue weighted by Gasteiger charge is -2.22. The predicted octanol–water partition coefficient (Wildman–Crippen LogP) is 6.68. The van der Waals surface area contributed by atoms with Crippen LogP contribution in [0.25, 0.3) is 0 Å². The van der Waals surface area contributed by atoms with E-state index in [0.29, 0.717) is 12.2 Å². The van der Waals surface area contributed by atoms with Crippen molar-refractivity contribution in [2.45, 2.75) is 98.3 Å². The molecule has 1 aromatic carbocycles. The summed E-state index contributed by atoms with van der Waals surface area (Å²) in [5, 5.41) is 10.2. The molecule has 0 saturated heterocycles. The van der Waals surface area contributed by atoms with Crippen LogP contribution in [0.3, 0.4) is 0 Å². The summed E-state index contributed by atoms with van der Waals surface area (Å²) in [6.07, 6.45) is 8.79. The molecule has 1 rings (SSSR count). The molecule has 0 bridgehead atoms. The number of carbonyl (C=O) groups excluding carboxylic acids is 1. The van der Waals surface area contributed by atoms with E-state index in [0.717, 1.165) is 29.9 Å². The molecule has 0 heterocycles. The van der Waals surface area contributed by atoms with Gasteiger partial charge in [0.1, 0.15) is 11.5 Å². The maximum atomic E-state index is 12.1. The number of hydrogen-bond acceptors (Lipinski definition) is 3. The molecule has 0 aliphatic heterocycles. The SMILES string of the molecule is Cc1cc(OC(=O)CCCCCCCCC(C)C)cc(C(C)(C)C)c1O. The van der Waals surface area contributed by atoms with Crippen molar-refractivity contribution in [1.82, 2.24) is 0 Å². The van der Waals surface area contributed by atoms with Crippen LogP contribution >= 0.6 is 0 Å². The van der Waals surface area contributed by atoms with Crippen LogP contribution in [-0.4, -0.2) is 11.1 Å². The van der Waals surface area contributed by atoms with Crippen molar-refractivity contribution in [2.75, 3.05) is 0 Å². The van der Waals surface area contributed by atoms with E-state index in [9.17, 15) is 9.90 Å². The lowest BCUT2D eigenvalue weighted by molar-refractivity contribution is -0.134. The van der Waals surface area contributed by atoms with Crippen molar-refractivity contribution in [1.29, 1.82) is 0 Å². The zero-order chi connectivity index (χ0) is 19.7. The molecule has 0 spiro atoms. The highest BCUT2D eigenvalue weighted by Crippen LogP contribution is 2.36. The molecular formula is C23H38O3. The molecule has 3 nitrogen and oxygen atoms in total. The van der Waals surface area contributed by atoms with Gasteiger partial charge in [-0.05, 0) is 42.4 Å². The lowest BCUT2D eigenvalue weighted by atomic mass is 9.85. The third-order valence-electron chi connectivity index (χ3n) is 4.73. The van der Waals surface area contributed by atoms with E-state index in [1.807, 2.05) is 27.7 Å². The van der Waals surface area contributed by atoms with Gasteiger partial charge < -0.3 is 9.84 Å². The van der Waals surface area contributed by atoms with Gasteiger partial charge in [-0.25, -0.2) is 0 Å². The summed E-state index contributed by atoms with van der Waals surface area (Å²) in [5.74, 6) is 1.43. The summed E-state index contributed by atoms with van der Waals surface area (Å²) in [6, 6.07) is 3.52. The highest BCUT2D eigenvalue weighted by Gasteiger charge is 2.21. The zero-order valence-electron chi connectivity index (χ0n) is 17.7. The Morgan fingerprint density at radius 3 is 2.19 bits per heavy atom. The van der Waals surface area contributed by atoms with Crippen molar-refractivity contribution in [2.24, 2.45) is 5.92 Å². The fourth-order valence-corrected chi connectivity index (χ4v) is 3.09. The van der Waals surface area contributed by atoms with Gasteiger partial charge in [-0.2, -0.15) is 0 Å². The zero-order valence-corrected chi connectivity index (χ0v) is 17.7. The first-order valence-electron chi connectivity index (χ1n) is 10.2. The molecular weight excluding hydrogens is 324 g/mol. The van der Waals surface area contributed by atoms with Crippen LogP contribution in [0.5, 0.6) is 11.5 Å². The molecule has 1 aromatic rings. The second kappa shape index (κ2) is 10.6. The summed E-state index contributed by atoms with van der Waals surface area (Å²) in [5.41, 5.74) is 1.34. The van der Waals surface area contributed by atoms with Crippen molar-refractivity contribution < 1.29 is 14.6 Å². The van der Waals surface area contributed by atoms with Gasteiger partial charge >= 0.3 is 5.97 Å². The molecule has 0 aliphatic carbocycles. The summed E-state index contributed by atoms with van der Waals surface area (Å²) < 4.78 is 5.51. The van der Waals surface area contributed by atoms with E-state index in [2.05, 4.69) is 13.8 Å². The van der Waals surface area contributed by atoms with E-state index in [1.54, 1.807) is 12.1 Å².